The van der Waals surface area contributed by atoms with Crippen LogP contribution in [0.5, 0.6) is 0 Å². The predicted molar refractivity (Wildman–Crippen MR) is 98.0 cm³/mol. The van der Waals surface area contributed by atoms with Crippen molar-refractivity contribution in [3.63, 3.8) is 0 Å². The van der Waals surface area contributed by atoms with Crippen molar-refractivity contribution in [2.24, 2.45) is 34.0 Å². The van der Waals surface area contributed by atoms with Gasteiger partial charge >= 0.3 is 5.97 Å². The highest BCUT2D eigenvalue weighted by molar-refractivity contribution is 6.05. The average Bonchev–Trinajstić information content (AvgIpc) is 2.76. The lowest BCUT2D eigenvalue weighted by Crippen LogP contribution is -2.91. The van der Waals surface area contributed by atoms with Gasteiger partial charge in [0.15, 0.2) is 12.1 Å². The van der Waals surface area contributed by atoms with Gasteiger partial charge in [-0.1, -0.05) is 26.8 Å². The van der Waals surface area contributed by atoms with Crippen LogP contribution >= 0.6 is 0 Å². The minimum Gasteiger partial charge on any atom is -0.462 e. The van der Waals surface area contributed by atoms with E-state index in [9.17, 15) is 19.8 Å². The zero-order valence-electron chi connectivity index (χ0n) is 17.0. The fourth-order valence-corrected chi connectivity index (χ4v) is 8.79. The Labute approximate surface area is 169 Å². The third-order valence-corrected chi connectivity index (χ3v) is 9.33. The molecule has 4 saturated carbocycles. The number of esters is 1. The molecule has 8 rings (SSSR count). The van der Waals surface area contributed by atoms with Gasteiger partial charge in [0.2, 0.25) is 5.79 Å². The molecule has 4 aliphatic heterocycles. The van der Waals surface area contributed by atoms with Crippen LogP contribution in [0.25, 0.3) is 0 Å². The van der Waals surface area contributed by atoms with Crippen LogP contribution in [0.1, 0.15) is 46.5 Å². The number of carbonyl (C=O) groups is 2. The molecule has 2 spiro atoms. The Hall–Kier alpha value is -1.28. The summed E-state index contributed by atoms with van der Waals surface area (Å²) in [5.74, 6) is -3.92. The van der Waals surface area contributed by atoms with Crippen molar-refractivity contribution < 1.29 is 34.0 Å². The van der Waals surface area contributed by atoms with Gasteiger partial charge < -0.3 is 24.4 Å². The van der Waals surface area contributed by atoms with Crippen molar-refractivity contribution in [3.8, 4) is 0 Å². The Morgan fingerprint density at radius 3 is 2.69 bits per heavy atom. The highest BCUT2D eigenvalue weighted by Gasteiger charge is 2.93. The molecule has 0 aromatic carbocycles. The summed E-state index contributed by atoms with van der Waals surface area (Å²) < 4.78 is 18.3. The van der Waals surface area contributed by atoms with Crippen LogP contribution in [-0.4, -0.2) is 52.4 Å². The Kier molecular flexibility index (Phi) is 3.16. The molecule has 4 heterocycles. The van der Waals surface area contributed by atoms with Gasteiger partial charge in [0, 0.05) is 30.1 Å². The average molecular weight is 404 g/mol. The zero-order chi connectivity index (χ0) is 20.7. The van der Waals surface area contributed by atoms with Crippen molar-refractivity contribution in [3.05, 3.63) is 12.2 Å². The Morgan fingerprint density at radius 1 is 1.28 bits per heavy atom. The molecule has 8 fully saturated rings. The number of Topliss-reactive ketones (excluding diaryl/α,β-unsaturated/α-hetero) is 1. The molecule has 0 unspecified atom stereocenters. The lowest BCUT2D eigenvalue weighted by atomic mass is 9.34. The normalized spacial score (nSPS) is 58.3. The van der Waals surface area contributed by atoms with E-state index in [1.54, 1.807) is 0 Å². The van der Waals surface area contributed by atoms with Crippen LogP contribution in [0, 0.1) is 34.0 Å². The van der Waals surface area contributed by atoms with E-state index in [2.05, 4.69) is 20.4 Å². The predicted octanol–water partition coefficient (Wildman–Crippen LogP) is 1.31. The summed E-state index contributed by atoms with van der Waals surface area (Å²) in [5, 5.41) is 23.4. The summed E-state index contributed by atoms with van der Waals surface area (Å²) in [6, 6.07) is 0. The van der Waals surface area contributed by atoms with E-state index in [1.165, 1.54) is 6.92 Å². The molecule has 0 aromatic rings. The van der Waals surface area contributed by atoms with E-state index in [0.717, 1.165) is 12.8 Å². The van der Waals surface area contributed by atoms with Crippen LogP contribution < -0.4 is 0 Å². The second-order valence-electron chi connectivity index (χ2n) is 10.8. The second kappa shape index (κ2) is 4.96. The van der Waals surface area contributed by atoms with Crippen molar-refractivity contribution in [2.75, 3.05) is 0 Å². The molecule has 4 aliphatic carbocycles. The molecule has 8 aliphatic rings. The number of ketones is 1. The van der Waals surface area contributed by atoms with Crippen LogP contribution in [0.4, 0.5) is 0 Å². The van der Waals surface area contributed by atoms with Gasteiger partial charge in [-0.3, -0.25) is 9.59 Å². The molecule has 0 amide bonds. The fraction of sp³-hybridized carbons (Fsp3) is 0.818. The quantitative estimate of drug-likeness (QED) is 0.502. The zero-order valence-corrected chi connectivity index (χ0v) is 17.0. The highest BCUT2D eigenvalue weighted by atomic mass is 16.8. The topological polar surface area (TPSA) is 102 Å². The van der Waals surface area contributed by atoms with Gasteiger partial charge in [0.05, 0.1) is 6.10 Å². The molecule has 158 valence electrons. The molecule has 2 N–H and O–H groups in total. The number of ether oxygens (including phenoxy) is 3. The SMILES string of the molecule is C=C1C(=O)[C@@]23[C@@H]4O[C@H]5O[C@@]2(O)[C@@H](O)[C@@H]2C(C)(C)CCC[C@]52[C@H]3[C@@H](OC(C)=O)C[C@@H]14. The van der Waals surface area contributed by atoms with E-state index in [0.29, 0.717) is 18.4 Å². The first-order chi connectivity index (χ1) is 13.5. The third-order valence-electron chi connectivity index (χ3n) is 9.33. The summed E-state index contributed by atoms with van der Waals surface area (Å²) in [7, 11) is 0. The molecule has 29 heavy (non-hydrogen) atoms. The first-order valence-electron chi connectivity index (χ1n) is 10.7. The van der Waals surface area contributed by atoms with Crippen molar-refractivity contribution in [1.82, 2.24) is 0 Å². The number of carbonyl (C=O) groups excluding carboxylic acids is 2. The number of hydrogen-bond donors (Lipinski definition) is 2. The molecular formula is C22H28O7. The third kappa shape index (κ3) is 1.61. The molecule has 7 bridgehead atoms. The number of rotatable bonds is 1. The Morgan fingerprint density at radius 2 is 2.00 bits per heavy atom. The number of aliphatic hydroxyl groups is 2. The molecule has 7 heteroatoms. The Bertz CT molecular complexity index is 865. The molecular weight excluding hydrogens is 376 g/mol. The standard InChI is InChI=1S/C22H28O7/c1-9-11-8-12(27-10(2)23)13-20-7-5-6-19(3,4)14(20)16(25)22(26)21(13,15(9)24)17(11)28-18(20)29-22/h11-14,16-18,25-26H,1,5-8H2,2-4H3/t11-,12-,13+,14+,16-,17+,18-,20+,21-,22-/m0/s1. The minimum atomic E-state index is -2.07. The number of aliphatic hydroxyl groups excluding tert-OH is 1. The van der Waals surface area contributed by atoms with Crippen molar-refractivity contribution >= 4 is 11.8 Å². The summed E-state index contributed by atoms with van der Waals surface area (Å²) in [4.78, 5) is 25.7. The van der Waals surface area contributed by atoms with E-state index in [1.807, 2.05) is 0 Å². The molecule has 4 saturated heterocycles. The van der Waals surface area contributed by atoms with Crippen LogP contribution in [0.15, 0.2) is 12.2 Å². The van der Waals surface area contributed by atoms with E-state index in [-0.39, 0.29) is 23.0 Å². The van der Waals surface area contributed by atoms with E-state index >= 15 is 0 Å². The van der Waals surface area contributed by atoms with Crippen molar-refractivity contribution in [2.45, 2.75) is 76.8 Å². The van der Waals surface area contributed by atoms with Gasteiger partial charge in [0.25, 0.3) is 0 Å². The van der Waals surface area contributed by atoms with Gasteiger partial charge in [0.1, 0.15) is 17.6 Å². The van der Waals surface area contributed by atoms with Crippen LogP contribution in [0.2, 0.25) is 0 Å². The maximum absolute atomic E-state index is 13.7. The summed E-state index contributed by atoms with van der Waals surface area (Å²) >= 11 is 0. The molecule has 10 atom stereocenters. The molecule has 0 aromatic heterocycles. The highest BCUT2D eigenvalue weighted by Crippen LogP contribution is 2.81. The summed E-state index contributed by atoms with van der Waals surface area (Å²) in [5.41, 5.74) is -2.09. The second-order valence-corrected chi connectivity index (χ2v) is 10.8. The first kappa shape index (κ1) is 18.5. The molecule has 0 radical (unpaired) electrons. The smallest absolute Gasteiger partial charge is 0.302 e. The fourth-order valence-electron chi connectivity index (χ4n) is 8.79. The van der Waals surface area contributed by atoms with Gasteiger partial charge in [-0.15, -0.1) is 0 Å². The van der Waals surface area contributed by atoms with Crippen LogP contribution in [-0.2, 0) is 23.8 Å². The van der Waals surface area contributed by atoms with E-state index in [4.69, 9.17) is 14.2 Å². The maximum Gasteiger partial charge on any atom is 0.302 e. The Balaban J connectivity index is 1.67. The van der Waals surface area contributed by atoms with Crippen LogP contribution in [0.3, 0.4) is 0 Å². The lowest BCUT2D eigenvalue weighted by Gasteiger charge is -2.79. The van der Waals surface area contributed by atoms with Gasteiger partial charge in [-0.25, -0.2) is 0 Å². The summed E-state index contributed by atoms with van der Waals surface area (Å²) in [6.07, 6.45) is -0.170. The van der Waals surface area contributed by atoms with Gasteiger partial charge in [-0.2, -0.15) is 0 Å². The van der Waals surface area contributed by atoms with E-state index < -0.39 is 53.1 Å². The number of hydrogen-bond acceptors (Lipinski definition) is 7. The van der Waals surface area contributed by atoms with Gasteiger partial charge in [-0.05, 0) is 30.3 Å². The minimum absolute atomic E-state index is 0.290. The first-order valence-corrected chi connectivity index (χ1v) is 10.7. The monoisotopic (exact) mass is 404 g/mol. The maximum atomic E-state index is 13.7. The molecule has 7 nitrogen and oxygen atoms in total. The lowest BCUT2D eigenvalue weighted by molar-refractivity contribution is -0.554. The summed E-state index contributed by atoms with van der Waals surface area (Å²) in [6.45, 7) is 9.58. The van der Waals surface area contributed by atoms with Crippen molar-refractivity contribution in [1.29, 1.82) is 0 Å². The largest absolute Gasteiger partial charge is 0.462 e.